The highest BCUT2D eigenvalue weighted by molar-refractivity contribution is 5.86. The Morgan fingerprint density at radius 3 is 2.52 bits per heavy atom. The summed E-state index contributed by atoms with van der Waals surface area (Å²) >= 11 is 0. The number of rotatable bonds is 5. The van der Waals surface area contributed by atoms with Crippen LogP contribution in [0.5, 0.6) is 0 Å². The molecular formula is C17H18N2O2. The number of nitrogens with zero attached hydrogens (tertiary/aromatic N) is 1. The molecule has 0 bridgehead atoms. The zero-order valence-corrected chi connectivity index (χ0v) is 11.9. The summed E-state index contributed by atoms with van der Waals surface area (Å²) in [5.41, 5.74) is 4.25. The number of aliphatic hydroxyl groups is 1. The Labute approximate surface area is 124 Å². The molecule has 0 unspecified atom stereocenters. The first kappa shape index (κ1) is 15.0. The monoisotopic (exact) mass is 282 g/mol. The Hall–Kier alpha value is -2.38. The molecule has 0 spiro atoms. The van der Waals surface area contributed by atoms with E-state index in [0.717, 1.165) is 0 Å². The van der Waals surface area contributed by atoms with Gasteiger partial charge in [-0.3, -0.25) is 4.79 Å². The summed E-state index contributed by atoms with van der Waals surface area (Å²) in [6.07, 6.45) is 5.81. The first-order valence-corrected chi connectivity index (χ1v) is 6.80. The maximum absolute atomic E-state index is 11.1. The second-order valence-corrected chi connectivity index (χ2v) is 5.45. The first-order valence-electron chi connectivity index (χ1n) is 6.80. The molecular weight excluding hydrogens is 264 g/mol. The van der Waals surface area contributed by atoms with Gasteiger partial charge in [-0.05, 0) is 37.0 Å². The third-order valence-corrected chi connectivity index (χ3v) is 3.86. The van der Waals surface area contributed by atoms with Crippen LogP contribution in [0, 0.1) is 16.7 Å². The van der Waals surface area contributed by atoms with Crippen LogP contribution in [0.25, 0.3) is 0 Å². The second kappa shape index (κ2) is 5.55. The van der Waals surface area contributed by atoms with Gasteiger partial charge < -0.3 is 10.8 Å². The number of carbonyl (C=O) groups excluding carboxylic acids is 1. The number of amides is 1. The lowest BCUT2D eigenvalue weighted by molar-refractivity contribution is -0.113. The summed E-state index contributed by atoms with van der Waals surface area (Å²) in [4.78, 5) is 10.9. The van der Waals surface area contributed by atoms with E-state index in [1.807, 2.05) is 18.2 Å². The summed E-state index contributed by atoms with van der Waals surface area (Å²) < 4.78 is 0. The van der Waals surface area contributed by atoms with E-state index in [4.69, 9.17) is 5.73 Å². The molecule has 1 saturated carbocycles. The standard InChI is InChI=1S/C17H18N2O2/c1-13(11-15(19)20)7-8-17(21,16(12-18)9-10-16)14-5-3-2-4-6-14/h2-8,11,21H,9-10H2,1H3,(H2,19,20)/b8-7+,13-11+/t17-/m0/s1. The largest absolute Gasteiger partial charge is 0.379 e. The van der Waals surface area contributed by atoms with Crippen molar-refractivity contribution in [3.05, 3.63) is 59.7 Å². The van der Waals surface area contributed by atoms with Gasteiger partial charge in [-0.2, -0.15) is 5.26 Å². The van der Waals surface area contributed by atoms with Crippen LogP contribution in [0.3, 0.4) is 0 Å². The van der Waals surface area contributed by atoms with Gasteiger partial charge in [0.1, 0.15) is 5.60 Å². The minimum absolute atomic E-state index is 0.540. The lowest BCUT2D eigenvalue weighted by atomic mass is 9.78. The fourth-order valence-electron chi connectivity index (χ4n) is 2.45. The number of allylic oxidation sites excluding steroid dienone is 2. The van der Waals surface area contributed by atoms with Crippen LogP contribution in [0.1, 0.15) is 25.3 Å². The van der Waals surface area contributed by atoms with Crippen molar-refractivity contribution in [3.63, 3.8) is 0 Å². The summed E-state index contributed by atoms with van der Waals surface area (Å²) in [5.74, 6) is -0.540. The second-order valence-electron chi connectivity index (χ2n) is 5.45. The minimum atomic E-state index is -1.37. The van der Waals surface area contributed by atoms with Crippen molar-refractivity contribution in [1.29, 1.82) is 5.26 Å². The lowest BCUT2D eigenvalue weighted by Gasteiger charge is -2.30. The molecule has 4 nitrogen and oxygen atoms in total. The molecule has 21 heavy (non-hydrogen) atoms. The predicted molar refractivity (Wildman–Crippen MR) is 79.7 cm³/mol. The topological polar surface area (TPSA) is 87.1 Å². The van der Waals surface area contributed by atoms with Gasteiger partial charge in [0, 0.05) is 6.08 Å². The van der Waals surface area contributed by atoms with Crippen LogP contribution >= 0.6 is 0 Å². The molecule has 0 heterocycles. The Kier molecular flexibility index (Phi) is 3.97. The fourth-order valence-corrected chi connectivity index (χ4v) is 2.45. The average Bonchev–Trinajstić information content (AvgIpc) is 3.26. The third kappa shape index (κ3) is 2.88. The maximum Gasteiger partial charge on any atom is 0.241 e. The van der Waals surface area contributed by atoms with Crippen LogP contribution in [-0.4, -0.2) is 11.0 Å². The van der Waals surface area contributed by atoms with Gasteiger partial charge in [0.15, 0.2) is 0 Å². The Morgan fingerprint density at radius 1 is 1.43 bits per heavy atom. The van der Waals surface area contributed by atoms with Gasteiger partial charge in [0.25, 0.3) is 0 Å². The number of primary amides is 1. The number of benzene rings is 1. The van der Waals surface area contributed by atoms with Gasteiger partial charge in [0.05, 0.1) is 11.5 Å². The summed E-state index contributed by atoms with van der Waals surface area (Å²) in [5, 5.41) is 20.5. The molecule has 3 N–H and O–H groups in total. The highest BCUT2D eigenvalue weighted by Crippen LogP contribution is 2.58. The van der Waals surface area contributed by atoms with Crippen LogP contribution in [-0.2, 0) is 10.4 Å². The molecule has 1 aliphatic carbocycles. The number of carbonyl (C=O) groups is 1. The highest BCUT2D eigenvalue weighted by Gasteiger charge is 2.59. The summed E-state index contributed by atoms with van der Waals surface area (Å²) in [6.45, 7) is 1.72. The molecule has 1 aromatic rings. The van der Waals surface area contributed by atoms with Crippen LogP contribution < -0.4 is 5.73 Å². The van der Waals surface area contributed by atoms with Gasteiger partial charge in [0.2, 0.25) is 5.91 Å². The van der Waals surface area contributed by atoms with Gasteiger partial charge in [-0.25, -0.2) is 0 Å². The molecule has 1 atom stereocenters. The van der Waals surface area contributed by atoms with Crippen molar-refractivity contribution in [1.82, 2.24) is 0 Å². The Bertz CT molecular complexity index is 637. The van der Waals surface area contributed by atoms with E-state index < -0.39 is 16.9 Å². The predicted octanol–water partition coefficient (Wildman–Crippen LogP) is 2.17. The van der Waals surface area contributed by atoms with E-state index >= 15 is 0 Å². The molecule has 0 aromatic heterocycles. The van der Waals surface area contributed by atoms with Gasteiger partial charge in [-0.1, -0.05) is 36.4 Å². The smallest absolute Gasteiger partial charge is 0.241 e. The van der Waals surface area contributed by atoms with E-state index in [9.17, 15) is 15.2 Å². The molecule has 4 heteroatoms. The van der Waals surface area contributed by atoms with Crippen molar-refractivity contribution in [2.75, 3.05) is 0 Å². The summed E-state index contributed by atoms with van der Waals surface area (Å²) in [7, 11) is 0. The maximum atomic E-state index is 11.1. The Morgan fingerprint density at radius 2 is 2.05 bits per heavy atom. The van der Waals surface area contributed by atoms with E-state index in [0.29, 0.717) is 24.0 Å². The number of hydrogen-bond donors (Lipinski definition) is 2. The van der Waals surface area contributed by atoms with Crippen molar-refractivity contribution in [2.24, 2.45) is 11.1 Å². The molecule has 0 saturated heterocycles. The Balaban J connectivity index is 2.42. The average molecular weight is 282 g/mol. The number of hydrogen-bond acceptors (Lipinski definition) is 3. The molecule has 0 aliphatic heterocycles. The SMILES string of the molecule is CC(/C=C/[C@](O)(c1ccccc1)C1(C#N)CC1)=C\C(N)=O. The van der Waals surface area contributed by atoms with Gasteiger partial charge in [-0.15, -0.1) is 0 Å². The van der Waals surface area contributed by atoms with Crippen molar-refractivity contribution < 1.29 is 9.90 Å². The van der Waals surface area contributed by atoms with E-state index in [-0.39, 0.29) is 0 Å². The molecule has 1 amide bonds. The van der Waals surface area contributed by atoms with Crippen molar-refractivity contribution in [2.45, 2.75) is 25.4 Å². The van der Waals surface area contributed by atoms with Crippen LogP contribution in [0.15, 0.2) is 54.1 Å². The molecule has 0 radical (unpaired) electrons. The molecule has 1 fully saturated rings. The summed E-state index contributed by atoms with van der Waals surface area (Å²) in [6, 6.07) is 11.4. The van der Waals surface area contributed by atoms with E-state index in [1.54, 1.807) is 31.2 Å². The van der Waals surface area contributed by atoms with E-state index in [1.165, 1.54) is 6.08 Å². The zero-order valence-electron chi connectivity index (χ0n) is 11.9. The zero-order chi connectivity index (χ0) is 15.5. The van der Waals surface area contributed by atoms with Crippen LogP contribution in [0.4, 0.5) is 0 Å². The fraction of sp³-hybridized carbons (Fsp3) is 0.294. The van der Waals surface area contributed by atoms with Crippen molar-refractivity contribution in [3.8, 4) is 6.07 Å². The molecule has 2 rings (SSSR count). The highest BCUT2D eigenvalue weighted by atomic mass is 16.3. The molecule has 1 aromatic carbocycles. The normalized spacial score (nSPS) is 19.8. The van der Waals surface area contributed by atoms with E-state index in [2.05, 4.69) is 6.07 Å². The lowest BCUT2D eigenvalue weighted by Crippen LogP contribution is -2.34. The first-order chi connectivity index (χ1) is 9.93. The van der Waals surface area contributed by atoms with Crippen molar-refractivity contribution >= 4 is 5.91 Å². The minimum Gasteiger partial charge on any atom is -0.379 e. The quantitative estimate of drug-likeness (QED) is 0.641. The number of nitrogens with two attached hydrogens (primary N) is 1. The van der Waals surface area contributed by atoms with Gasteiger partial charge >= 0.3 is 0 Å². The number of nitriles is 1. The molecule has 108 valence electrons. The molecule has 1 aliphatic rings. The van der Waals surface area contributed by atoms with Crippen LogP contribution in [0.2, 0.25) is 0 Å². The third-order valence-electron chi connectivity index (χ3n) is 3.86.